The number of amides is 2. The molecule has 11 heteroatoms. The van der Waals surface area contributed by atoms with Crippen molar-refractivity contribution in [3.8, 4) is 11.1 Å². The van der Waals surface area contributed by atoms with Crippen LogP contribution in [0.15, 0.2) is 54.1 Å². The van der Waals surface area contributed by atoms with E-state index in [2.05, 4.69) is 26.2 Å². The standard InChI is InChI=1S/C26H26N6O4S/c33-26(30-37(34,35)23-13-22-25(17-4-5-17)36-11-10-32(22)29-23)28-24-20-3-1-2-16(20)6-7-21(24)18-8-9-31-15-27-14-19(31)12-18/h6-9,12-15,17,25H,1-5,10-11H2,(H2,28,30,33). The van der Waals surface area contributed by atoms with Crippen molar-refractivity contribution in [2.45, 2.75) is 49.8 Å². The fourth-order valence-corrected chi connectivity index (χ4v) is 6.41. The number of nitrogens with zero attached hydrogens (tertiary/aromatic N) is 4. The van der Waals surface area contributed by atoms with Crippen LogP contribution in [0.5, 0.6) is 0 Å². The van der Waals surface area contributed by atoms with E-state index < -0.39 is 16.1 Å². The Morgan fingerprint density at radius 1 is 1.14 bits per heavy atom. The minimum absolute atomic E-state index is 0.137. The Hall–Kier alpha value is -3.70. The average molecular weight is 519 g/mol. The third-order valence-electron chi connectivity index (χ3n) is 7.48. The number of hydrogen-bond acceptors (Lipinski definition) is 6. The first-order chi connectivity index (χ1) is 18.0. The summed E-state index contributed by atoms with van der Waals surface area (Å²) >= 11 is 0. The van der Waals surface area contributed by atoms with Gasteiger partial charge in [0.15, 0.2) is 5.03 Å². The van der Waals surface area contributed by atoms with Gasteiger partial charge in [0.25, 0.3) is 10.0 Å². The summed E-state index contributed by atoms with van der Waals surface area (Å²) in [5.41, 5.74) is 6.27. The summed E-state index contributed by atoms with van der Waals surface area (Å²) in [6, 6.07) is 8.75. The van der Waals surface area contributed by atoms with Crippen LogP contribution in [-0.4, -0.2) is 40.2 Å². The van der Waals surface area contributed by atoms with Crippen molar-refractivity contribution in [2.24, 2.45) is 5.92 Å². The smallest absolute Gasteiger partial charge is 0.333 e. The van der Waals surface area contributed by atoms with Crippen LogP contribution < -0.4 is 10.0 Å². The number of rotatable bonds is 5. The van der Waals surface area contributed by atoms with Crippen molar-refractivity contribution in [1.29, 1.82) is 0 Å². The van der Waals surface area contributed by atoms with Gasteiger partial charge in [-0.05, 0) is 66.8 Å². The molecule has 2 N–H and O–H groups in total. The number of nitrogens with one attached hydrogen (secondary N) is 2. The molecule has 1 aromatic carbocycles. The van der Waals surface area contributed by atoms with Gasteiger partial charge < -0.3 is 14.5 Å². The molecule has 0 saturated heterocycles. The van der Waals surface area contributed by atoms with Gasteiger partial charge >= 0.3 is 6.03 Å². The minimum Gasteiger partial charge on any atom is -0.370 e. The second kappa shape index (κ2) is 8.42. The molecular formula is C26H26N6O4S. The zero-order chi connectivity index (χ0) is 25.1. The quantitative estimate of drug-likeness (QED) is 0.416. The molecule has 1 atom stereocenters. The first kappa shape index (κ1) is 22.5. The lowest BCUT2D eigenvalue weighted by molar-refractivity contribution is 0.00273. The number of aromatic nitrogens is 4. The Balaban J connectivity index is 1.18. The molecule has 10 nitrogen and oxygen atoms in total. The van der Waals surface area contributed by atoms with Crippen molar-refractivity contribution in [3.63, 3.8) is 0 Å². The number of urea groups is 1. The lowest BCUT2D eigenvalue weighted by Crippen LogP contribution is -2.35. The number of anilines is 1. The summed E-state index contributed by atoms with van der Waals surface area (Å²) < 4.78 is 37.9. The predicted octanol–water partition coefficient (Wildman–Crippen LogP) is 3.68. The summed E-state index contributed by atoms with van der Waals surface area (Å²) in [5, 5.41) is 6.98. The maximum atomic E-state index is 13.2. The third-order valence-corrected chi connectivity index (χ3v) is 8.68. The van der Waals surface area contributed by atoms with Crippen molar-refractivity contribution in [3.05, 3.63) is 65.9 Å². The fraction of sp³-hybridized carbons (Fsp3) is 0.346. The molecule has 4 heterocycles. The molecule has 3 aliphatic rings. The van der Waals surface area contributed by atoms with E-state index in [4.69, 9.17) is 4.74 Å². The lowest BCUT2D eigenvalue weighted by Gasteiger charge is -2.23. The first-order valence-corrected chi connectivity index (χ1v) is 14.0. The maximum absolute atomic E-state index is 13.2. The predicted molar refractivity (Wildman–Crippen MR) is 136 cm³/mol. The largest absolute Gasteiger partial charge is 0.370 e. The van der Waals surface area contributed by atoms with Crippen molar-refractivity contribution >= 4 is 27.3 Å². The van der Waals surface area contributed by atoms with E-state index in [1.807, 2.05) is 28.8 Å². The van der Waals surface area contributed by atoms with Gasteiger partial charge in [-0.25, -0.2) is 14.5 Å². The maximum Gasteiger partial charge on any atom is 0.333 e. The highest BCUT2D eigenvalue weighted by Gasteiger charge is 2.38. The summed E-state index contributed by atoms with van der Waals surface area (Å²) in [6.45, 7) is 0.984. The van der Waals surface area contributed by atoms with Crippen LogP contribution in [0, 0.1) is 5.92 Å². The highest BCUT2D eigenvalue weighted by Crippen LogP contribution is 2.45. The van der Waals surface area contributed by atoms with Gasteiger partial charge in [-0.2, -0.15) is 13.5 Å². The molecule has 0 spiro atoms. The Morgan fingerprint density at radius 2 is 2.03 bits per heavy atom. The number of carbonyl (C=O) groups is 1. The van der Waals surface area contributed by atoms with Crippen molar-refractivity contribution in [1.82, 2.24) is 23.9 Å². The number of benzene rings is 1. The summed E-state index contributed by atoms with van der Waals surface area (Å²) in [7, 11) is -4.18. The number of imidazole rings is 1. The molecule has 1 aliphatic heterocycles. The summed E-state index contributed by atoms with van der Waals surface area (Å²) in [6.07, 6.45) is 10.1. The van der Waals surface area contributed by atoms with Crippen molar-refractivity contribution < 1.29 is 17.9 Å². The molecule has 190 valence electrons. The van der Waals surface area contributed by atoms with Gasteiger partial charge in [0.1, 0.15) is 6.10 Å². The molecule has 1 saturated carbocycles. The average Bonchev–Trinajstić information content (AvgIpc) is 3.26. The normalized spacial score (nSPS) is 19.0. The van der Waals surface area contributed by atoms with Crippen LogP contribution in [0.25, 0.3) is 16.6 Å². The molecule has 0 bridgehead atoms. The lowest BCUT2D eigenvalue weighted by atomic mass is 9.97. The van der Waals surface area contributed by atoms with E-state index in [0.29, 0.717) is 24.8 Å². The SMILES string of the molecule is O=C(Nc1c(-c2ccn3cncc3c2)ccc2c1CCC2)NS(=O)(=O)c1cc2n(n1)CCOC2C1CC1. The summed E-state index contributed by atoms with van der Waals surface area (Å²) in [5.74, 6) is 0.405. The zero-order valence-corrected chi connectivity index (χ0v) is 20.9. The number of pyridine rings is 1. The van der Waals surface area contributed by atoms with Gasteiger partial charge in [-0.1, -0.05) is 12.1 Å². The molecule has 3 aromatic heterocycles. The second-order valence-electron chi connectivity index (χ2n) is 9.94. The number of hydrogen-bond donors (Lipinski definition) is 2. The van der Waals surface area contributed by atoms with E-state index in [9.17, 15) is 13.2 Å². The van der Waals surface area contributed by atoms with Gasteiger partial charge in [0.05, 0.1) is 42.6 Å². The molecule has 0 radical (unpaired) electrons. The minimum atomic E-state index is -4.18. The van der Waals surface area contributed by atoms with Crippen LogP contribution in [0.1, 0.15) is 42.2 Å². The van der Waals surface area contributed by atoms with E-state index in [1.54, 1.807) is 17.2 Å². The first-order valence-electron chi connectivity index (χ1n) is 12.6. The molecular weight excluding hydrogens is 492 g/mol. The van der Waals surface area contributed by atoms with Crippen LogP contribution in [0.4, 0.5) is 10.5 Å². The molecule has 1 unspecified atom stereocenters. The monoisotopic (exact) mass is 518 g/mol. The van der Waals surface area contributed by atoms with Crippen LogP contribution in [0.3, 0.4) is 0 Å². The van der Waals surface area contributed by atoms with E-state index in [0.717, 1.165) is 60.0 Å². The van der Waals surface area contributed by atoms with Gasteiger partial charge in [-0.15, -0.1) is 0 Å². The van der Waals surface area contributed by atoms with E-state index in [1.165, 1.54) is 11.6 Å². The Kier molecular flexibility index (Phi) is 5.12. The van der Waals surface area contributed by atoms with Crippen LogP contribution >= 0.6 is 0 Å². The topological polar surface area (TPSA) is 120 Å². The Labute approximate surface area is 213 Å². The fourth-order valence-electron chi connectivity index (χ4n) is 5.52. The van der Waals surface area contributed by atoms with Gasteiger partial charge in [-0.3, -0.25) is 4.68 Å². The molecule has 2 amide bonds. The number of carbonyl (C=O) groups excluding carboxylic acids is 1. The molecule has 4 aromatic rings. The highest BCUT2D eigenvalue weighted by atomic mass is 32.2. The summed E-state index contributed by atoms with van der Waals surface area (Å²) in [4.78, 5) is 17.3. The van der Waals surface area contributed by atoms with Gasteiger partial charge in [0, 0.05) is 17.8 Å². The third kappa shape index (κ3) is 3.98. The zero-order valence-electron chi connectivity index (χ0n) is 20.1. The molecule has 7 rings (SSSR count). The van der Waals surface area contributed by atoms with Crippen LogP contribution in [0.2, 0.25) is 0 Å². The number of aryl methyl sites for hydroxylation is 1. The van der Waals surface area contributed by atoms with Gasteiger partial charge in [0.2, 0.25) is 0 Å². The number of ether oxygens (including phenoxy) is 1. The van der Waals surface area contributed by atoms with E-state index in [-0.39, 0.29) is 11.1 Å². The van der Waals surface area contributed by atoms with Crippen LogP contribution in [-0.2, 0) is 34.1 Å². The highest BCUT2D eigenvalue weighted by molar-refractivity contribution is 7.90. The Morgan fingerprint density at radius 3 is 2.89 bits per heavy atom. The Bertz CT molecular complexity index is 1650. The number of sulfonamides is 1. The molecule has 2 aliphatic carbocycles. The second-order valence-corrected chi connectivity index (χ2v) is 11.6. The molecule has 37 heavy (non-hydrogen) atoms. The number of fused-ring (bicyclic) bond motifs is 3. The molecule has 1 fully saturated rings. The van der Waals surface area contributed by atoms with E-state index >= 15 is 0 Å². The van der Waals surface area contributed by atoms with Crippen molar-refractivity contribution in [2.75, 3.05) is 11.9 Å².